The predicted molar refractivity (Wildman–Crippen MR) is 72.1 cm³/mol. The van der Waals surface area contributed by atoms with Gasteiger partial charge in [0.15, 0.2) is 5.96 Å². The van der Waals surface area contributed by atoms with Crippen LogP contribution in [0.2, 0.25) is 0 Å². The molecule has 0 unspecified atom stereocenters. The molecule has 2 fully saturated rings. The van der Waals surface area contributed by atoms with Crippen molar-refractivity contribution in [1.29, 1.82) is 0 Å². The first-order valence-corrected chi connectivity index (χ1v) is 6.84. The lowest BCUT2D eigenvalue weighted by atomic mass is 9.93. The van der Waals surface area contributed by atoms with Crippen LogP contribution < -0.4 is 11.1 Å². The highest BCUT2D eigenvalue weighted by Gasteiger charge is 2.24. The van der Waals surface area contributed by atoms with Crippen LogP contribution >= 0.6 is 0 Å². The van der Waals surface area contributed by atoms with Gasteiger partial charge in [0, 0.05) is 19.1 Å². The van der Waals surface area contributed by atoms with Crippen molar-refractivity contribution < 1.29 is 0 Å². The van der Waals surface area contributed by atoms with Crippen molar-refractivity contribution in [3.8, 4) is 0 Å². The number of nitrogens with two attached hydrogens (primary N) is 1. The Morgan fingerprint density at radius 2 is 2.00 bits per heavy atom. The van der Waals surface area contributed by atoms with Crippen LogP contribution in [0.4, 0.5) is 0 Å². The Bertz CT molecular complexity index is 275. The molecule has 17 heavy (non-hydrogen) atoms. The number of aliphatic imine (C=N–C) groups is 1. The topological polar surface area (TPSA) is 53.6 Å². The summed E-state index contributed by atoms with van der Waals surface area (Å²) in [7, 11) is 0. The molecule has 4 heteroatoms. The van der Waals surface area contributed by atoms with E-state index in [9.17, 15) is 0 Å². The Morgan fingerprint density at radius 1 is 1.35 bits per heavy atom. The van der Waals surface area contributed by atoms with Crippen molar-refractivity contribution in [2.75, 3.05) is 26.2 Å². The molecular weight excluding hydrogens is 212 g/mol. The second-order valence-electron chi connectivity index (χ2n) is 6.27. The van der Waals surface area contributed by atoms with E-state index in [1.807, 2.05) is 0 Å². The van der Waals surface area contributed by atoms with E-state index in [1.165, 1.54) is 38.8 Å². The minimum absolute atomic E-state index is 0.222. The van der Waals surface area contributed by atoms with E-state index in [0.29, 0.717) is 12.0 Å². The van der Waals surface area contributed by atoms with Crippen LogP contribution in [0.5, 0.6) is 0 Å². The summed E-state index contributed by atoms with van der Waals surface area (Å²) >= 11 is 0. The standard InChI is InChI=1S/C13H26N4/c1-13(2,10-17-7-3-4-8-17)9-15-12(14)16-11-5-6-11/h11H,3-10H2,1-2H3,(H3,14,15,16). The lowest BCUT2D eigenvalue weighted by Gasteiger charge is -2.28. The van der Waals surface area contributed by atoms with Crippen LogP contribution in [-0.2, 0) is 0 Å². The Labute approximate surface area is 105 Å². The quantitative estimate of drug-likeness (QED) is 0.558. The minimum atomic E-state index is 0.222. The number of likely N-dealkylation sites (tertiary alicyclic amines) is 1. The van der Waals surface area contributed by atoms with Gasteiger partial charge in [-0.1, -0.05) is 13.8 Å². The molecule has 0 spiro atoms. The van der Waals surface area contributed by atoms with E-state index in [4.69, 9.17) is 5.73 Å². The molecule has 2 aliphatic rings. The third-order valence-corrected chi connectivity index (χ3v) is 3.46. The summed E-state index contributed by atoms with van der Waals surface area (Å²) < 4.78 is 0. The average molecular weight is 238 g/mol. The van der Waals surface area contributed by atoms with Crippen LogP contribution in [0, 0.1) is 5.41 Å². The van der Waals surface area contributed by atoms with E-state index in [-0.39, 0.29) is 5.41 Å². The summed E-state index contributed by atoms with van der Waals surface area (Å²) in [4.78, 5) is 7.02. The molecule has 1 saturated heterocycles. The van der Waals surface area contributed by atoms with Gasteiger partial charge in [0.2, 0.25) is 0 Å². The Kier molecular flexibility index (Phi) is 3.92. The molecule has 2 rings (SSSR count). The predicted octanol–water partition coefficient (Wildman–Crippen LogP) is 1.18. The molecule has 1 saturated carbocycles. The van der Waals surface area contributed by atoms with E-state index < -0.39 is 0 Å². The van der Waals surface area contributed by atoms with Crippen LogP contribution in [0.1, 0.15) is 39.5 Å². The molecule has 1 aliphatic carbocycles. The zero-order chi connectivity index (χ0) is 12.3. The van der Waals surface area contributed by atoms with Crippen molar-refractivity contribution in [3.05, 3.63) is 0 Å². The lowest BCUT2D eigenvalue weighted by molar-refractivity contribution is 0.216. The zero-order valence-electron chi connectivity index (χ0n) is 11.2. The lowest BCUT2D eigenvalue weighted by Crippen LogP contribution is -2.37. The van der Waals surface area contributed by atoms with Crippen LogP contribution in [0.25, 0.3) is 0 Å². The number of guanidine groups is 1. The molecule has 1 heterocycles. The van der Waals surface area contributed by atoms with Crippen LogP contribution in [0.3, 0.4) is 0 Å². The summed E-state index contributed by atoms with van der Waals surface area (Å²) in [5, 5.41) is 3.23. The van der Waals surface area contributed by atoms with Gasteiger partial charge in [-0.15, -0.1) is 0 Å². The van der Waals surface area contributed by atoms with Crippen molar-refractivity contribution in [3.63, 3.8) is 0 Å². The van der Waals surface area contributed by atoms with Gasteiger partial charge in [0.25, 0.3) is 0 Å². The molecule has 0 amide bonds. The van der Waals surface area contributed by atoms with Crippen LogP contribution in [-0.4, -0.2) is 43.1 Å². The van der Waals surface area contributed by atoms with E-state index in [1.54, 1.807) is 0 Å². The van der Waals surface area contributed by atoms with Gasteiger partial charge in [-0.3, -0.25) is 4.99 Å². The van der Waals surface area contributed by atoms with Crippen molar-refractivity contribution >= 4 is 5.96 Å². The molecule has 4 nitrogen and oxygen atoms in total. The number of hydrogen-bond acceptors (Lipinski definition) is 2. The fourth-order valence-corrected chi connectivity index (χ4v) is 2.38. The second kappa shape index (κ2) is 5.25. The second-order valence-corrected chi connectivity index (χ2v) is 6.27. The Balaban J connectivity index is 1.74. The molecule has 0 aromatic carbocycles. The first kappa shape index (κ1) is 12.7. The molecule has 1 aliphatic heterocycles. The van der Waals surface area contributed by atoms with Gasteiger partial charge >= 0.3 is 0 Å². The maximum absolute atomic E-state index is 5.86. The van der Waals surface area contributed by atoms with Gasteiger partial charge in [-0.2, -0.15) is 0 Å². The summed E-state index contributed by atoms with van der Waals surface area (Å²) in [5.41, 5.74) is 6.08. The molecule has 0 atom stereocenters. The van der Waals surface area contributed by atoms with Gasteiger partial charge in [0.1, 0.15) is 0 Å². The molecule has 0 bridgehead atoms. The van der Waals surface area contributed by atoms with E-state index in [2.05, 4.69) is 29.1 Å². The molecule has 0 radical (unpaired) electrons. The summed E-state index contributed by atoms with van der Waals surface area (Å²) in [6.07, 6.45) is 5.19. The number of nitrogens with one attached hydrogen (secondary N) is 1. The SMILES string of the molecule is CC(C)(CN=C(N)NC1CC1)CN1CCCC1. The number of nitrogens with zero attached hydrogens (tertiary/aromatic N) is 2. The smallest absolute Gasteiger partial charge is 0.188 e. The summed E-state index contributed by atoms with van der Waals surface area (Å²) in [5.74, 6) is 0.627. The highest BCUT2D eigenvalue weighted by molar-refractivity contribution is 5.78. The Morgan fingerprint density at radius 3 is 2.59 bits per heavy atom. The minimum Gasteiger partial charge on any atom is -0.370 e. The monoisotopic (exact) mass is 238 g/mol. The summed E-state index contributed by atoms with van der Waals surface area (Å²) in [6.45, 7) is 9.01. The Hall–Kier alpha value is -0.770. The van der Waals surface area contributed by atoms with E-state index >= 15 is 0 Å². The van der Waals surface area contributed by atoms with Gasteiger partial charge in [0.05, 0.1) is 0 Å². The first-order chi connectivity index (χ1) is 8.05. The molecule has 3 N–H and O–H groups in total. The maximum atomic E-state index is 5.86. The van der Waals surface area contributed by atoms with Crippen molar-refractivity contribution in [2.45, 2.75) is 45.6 Å². The van der Waals surface area contributed by atoms with Crippen LogP contribution in [0.15, 0.2) is 4.99 Å². The normalized spacial score (nSPS) is 23.1. The van der Waals surface area contributed by atoms with Gasteiger partial charge < -0.3 is 16.0 Å². The van der Waals surface area contributed by atoms with Crippen molar-refractivity contribution in [2.24, 2.45) is 16.1 Å². The molecule has 0 aromatic rings. The average Bonchev–Trinajstić information content (AvgIpc) is 2.91. The molecule has 0 aromatic heterocycles. The molecular formula is C13H26N4. The maximum Gasteiger partial charge on any atom is 0.188 e. The first-order valence-electron chi connectivity index (χ1n) is 6.84. The van der Waals surface area contributed by atoms with Crippen molar-refractivity contribution in [1.82, 2.24) is 10.2 Å². The molecule has 98 valence electrons. The highest BCUT2D eigenvalue weighted by atomic mass is 15.2. The zero-order valence-corrected chi connectivity index (χ0v) is 11.2. The third kappa shape index (κ3) is 4.54. The van der Waals surface area contributed by atoms with Gasteiger partial charge in [-0.05, 0) is 44.2 Å². The number of hydrogen-bond donors (Lipinski definition) is 2. The largest absolute Gasteiger partial charge is 0.370 e. The van der Waals surface area contributed by atoms with Gasteiger partial charge in [-0.25, -0.2) is 0 Å². The highest BCUT2D eigenvalue weighted by Crippen LogP contribution is 2.21. The number of rotatable bonds is 5. The summed E-state index contributed by atoms with van der Waals surface area (Å²) in [6, 6.07) is 0.598. The van der Waals surface area contributed by atoms with E-state index in [0.717, 1.165) is 13.1 Å². The fraction of sp³-hybridized carbons (Fsp3) is 0.923. The third-order valence-electron chi connectivity index (χ3n) is 3.46. The fourth-order valence-electron chi connectivity index (χ4n) is 2.38.